The number of para-hydroxylation sites is 1. The lowest BCUT2D eigenvalue weighted by molar-refractivity contribution is -0.137. The Labute approximate surface area is 102 Å². The monoisotopic (exact) mass is 255 g/mol. The molecular formula is C13H12F3NO. The summed E-state index contributed by atoms with van der Waals surface area (Å²) < 4.78 is 38.7. The summed E-state index contributed by atoms with van der Waals surface area (Å²) >= 11 is 0. The van der Waals surface area contributed by atoms with E-state index >= 15 is 0 Å². The van der Waals surface area contributed by atoms with Gasteiger partial charge in [-0.2, -0.15) is 13.2 Å². The molecule has 2 aliphatic rings. The molecule has 1 aliphatic heterocycles. The summed E-state index contributed by atoms with van der Waals surface area (Å²) in [5.41, 5.74) is -0.122. The molecule has 96 valence electrons. The SMILES string of the molecule is O=C1CC(C2CC2)c2cccc(C(F)(F)F)c2N1. The quantitative estimate of drug-likeness (QED) is 0.817. The van der Waals surface area contributed by atoms with Crippen LogP contribution in [0.2, 0.25) is 0 Å². The second-order valence-electron chi connectivity index (χ2n) is 4.96. The minimum absolute atomic E-state index is 0.0295. The summed E-state index contributed by atoms with van der Waals surface area (Å²) in [6.07, 6.45) is -2.11. The van der Waals surface area contributed by atoms with Gasteiger partial charge in [-0.05, 0) is 36.3 Å². The maximum absolute atomic E-state index is 12.9. The van der Waals surface area contributed by atoms with Gasteiger partial charge in [0.25, 0.3) is 0 Å². The van der Waals surface area contributed by atoms with Crippen molar-refractivity contribution >= 4 is 11.6 Å². The standard InChI is InChI=1S/C13H12F3NO/c14-13(15,16)10-3-1-2-8-9(7-4-5-7)6-11(18)17-12(8)10/h1-3,7,9H,4-6H2,(H,17,18). The van der Waals surface area contributed by atoms with Crippen molar-refractivity contribution in [2.45, 2.75) is 31.4 Å². The van der Waals surface area contributed by atoms with Gasteiger partial charge >= 0.3 is 6.18 Å². The number of hydrogen-bond donors (Lipinski definition) is 1. The predicted molar refractivity (Wildman–Crippen MR) is 60.2 cm³/mol. The van der Waals surface area contributed by atoms with Gasteiger partial charge in [-0.25, -0.2) is 0 Å². The van der Waals surface area contributed by atoms with E-state index in [4.69, 9.17) is 0 Å². The van der Waals surface area contributed by atoms with Crippen molar-refractivity contribution in [3.63, 3.8) is 0 Å². The van der Waals surface area contributed by atoms with Gasteiger partial charge in [-0.15, -0.1) is 0 Å². The molecule has 18 heavy (non-hydrogen) atoms. The third kappa shape index (κ3) is 1.87. The average molecular weight is 255 g/mol. The molecule has 1 amide bonds. The zero-order chi connectivity index (χ0) is 12.9. The highest BCUT2D eigenvalue weighted by Crippen LogP contribution is 2.50. The average Bonchev–Trinajstić information content (AvgIpc) is 3.09. The summed E-state index contributed by atoms with van der Waals surface area (Å²) in [5, 5.41) is 2.39. The maximum atomic E-state index is 12.9. The van der Waals surface area contributed by atoms with Crippen molar-refractivity contribution in [1.82, 2.24) is 0 Å². The molecule has 1 aliphatic carbocycles. The largest absolute Gasteiger partial charge is 0.418 e. The number of nitrogens with one attached hydrogen (secondary N) is 1. The first-order valence-electron chi connectivity index (χ1n) is 5.97. The van der Waals surface area contributed by atoms with Gasteiger partial charge in [0.1, 0.15) is 0 Å². The Bertz CT molecular complexity index is 505. The predicted octanol–water partition coefficient (Wildman–Crippen LogP) is 3.54. The van der Waals surface area contributed by atoms with E-state index in [-0.39, 0.29) is 17.5 Å². The smallest absolute Gasteiger partial charge is 0.325 e. The van der Waals surface area contributed by atoms with Crippen molar-refractivity contribution in [3.05, 3.63) is 29.3 Å². The lowest BCUT2D eigenvalue weighted by Crippen LogP contribution is -2.26. The first-order valence-corrected chi connectivity index (χ1v) is 5.97. The maximum Gasteiger partial charge on any atom is 0.418 e. The Morgan fingerprint density at radius 2 is 1.94 bits per heavy atom. The van der Waals surface area contributed by atoms with Gasteiger partial charge < -0.3 is 5.32 Å². The van der Waals surface area contributed by atoms with E-state index < -0.39 is 11.7 Å². The Hall–Kier alpha value is -1.52. The summed E-state index contributed by atoms with van der Waals surface area (Å²) in [6, 6.07) is 4.15. The molecule has 0 aromatic heterocycles. The molecule has 1 N–H and O–H groups in total. The van der Waals surface area contributed by atoms with E-state index in [1.807, 2.05) is 0 Å². The number of carbonyl (C=O) groups excluding carboxylic acids is 1. The fourth-order valence-corrected chi connectivity index (χ4v) is 2.67. The van der Waals surface area contributed by atoms with Gasteiger partial charge in [0.05, 0.1) is 11.3 Å². The Morgan fingerprint density at radius 3 is 2.56 bits per heavy atom. The summed E-state index contributed by atoms with van der Waals surface area (Å²) in [4.78, 5) is 11.6. The number of amides is 1. The van der Waals surface area contributed by atoms with Crippen LogP contribution in [0.5, 0.6) is 0 Å². The molecule has 1 aromatic carbocycles. The lowest BCUT2D eigenvalue weighted by Gasteiger charge is -2.28. The van der Waals surface area contributed by atoms with E-state index in [1.54, 1.807) is 6.07 Å². The number of benzene rings is 1. The van der Waals surface area contributed by atoms with E-state index in [2.05, 4.69) is 5.32 Å². The summed E-state index contributed by atoms with van der Waals surface area (Å²) in [7, 11) is 0. The Kier molecular flexibility index (Phi) is 2.40. The zero-order valence-electron chi connectivity index (χ0n) is 9.55. The van der Waals surface area contributed by atoms with Crippen molar-refractivity contribution in [2.24, 2.45) is 5.92 Å². The fraction of sp³-hybridized carbons (Fsp3) is 0.462. The highest BCUT2D eigenvalue weighted by Gasteiger charge is 2.42. The van der Waals surface area contributed by atoms with Crippen LogP contribution in [0.3, 0.4) is 0 Å². The summed E-state index contributed by atoms with van der Waals surface area (Å²) in [6.45, 7) is 0. The van der Waals surface area contributed by atoms with Crippen LogP contribution in [0, 0.1) is 5.92 Å². The third-order valence-electron chi connectivity index (χ3n) is 3.66. The molecule has 1 heterocycles. The molecule has 5 heteroatoms. The molecular weight excluding hydrogens is 243 g/mol. The van der Waals surface area contributed by atoms with Gasteiger partial charge in [-0.3, -0.25) is 4.79 Å². The highest BCUT2D eigenvalue weighted by molar-refractivity contribution is 5.96. The van der Waals surface area contributed by atoms with Crippen molar-refractivity contribution in [2.75, 3.05) is 5.32 Å². The second kappa shape index (κ2) is 3.73. The van der Waals surface area contributed by atoms with Crippen molar-refractivity contribution < 1.29 is 18.0 Å². The summed E-state index contributed by atoms with van der Waals surface area (Å²) in [5.74, 6) is 0.0189. The van der Waals surface area contributed by atoms with Crippen LogP contribution < -0.4 is 5.32 Å². The van der Waals surface area contributed by atoms with Crippen molar-refractivity contribution in [1.29, 1.82) is 0 Å². The van der Waals surface area contributed by atoms with Crippen molar-refractivity contribution in [3.8, 4) is 0 Å². The molecule has 0 saturated heterocycles. The van der Waals surface area contributed by atoms with E-state index in [0.717, 1.165) is 18.9 Å². The normalized spacial score (nSPS) is 23.5. The number of hydrogen-bond acceptors (Lipinski definition) is 1. The molecule has 1 saturated carbocycles. The molecule has 3 rings (SSSR count). The Morgan fingerprint density at radius 1 is 1.22 bits per heavy atom. The minimum atomic E-state index is -4.43. The van der Waals surface area contributed by atoms with Crippen LogP contribution in [0.15, 0.2) is 18.2 Å². The van der Waals surface area contributed by atoms with Crippen LogP contribution in [-0.2, 0) is 11.0 Å². The van der Waals surface area contributed by atoms with Gasteiger partial charge in [0.2, 0.25) is 5.91 Å². The van der Waals surface area contributed by atoms with Crippen LogP contribution >= 0.6 is 0 Å². The van der Waals surface area contributed by atoms with Gasteiger partial charge in [0.15, 0.2) is 0 Å². The van der Waals surface area contributed by atoms with E-state index in [1.165, 1.54) is 6.07 Å². The topological polar surface area (TPSA) is 29.1 Å². The second-order valence-corrected chi connectivity index (χ2v) is 4.96. The van der Waals surface area contributed by atoms with E-state index in [9.17, 15) is 18.0 Å². The molecule has 1 unspecified atom stereocenters. The molecule has 1 fully saturated rings. The molecule has 0 bridgehead atoms. The lowest BCUT2D eigenvalue weighted by atomic mass is 9.85. The Balaban J connectivity index is 2.11. The van der Waals surface area contributed by atoms with Crippen LogP contribution in [0.25, 0.3) is 0 Å². The van der Waals surface area contributed by atoms with Crippen LogP contribution in [0.1, 0.15) is 36.3 Å². The zero-order valence-corrected chi connectivity index (χ0v) is 9.55. The van der Waals surface area contributed by atoms with Crippen LogP contribution in [-0.4, -0.2) is 5.91 Å². The fourth-order valence-electron chi connectivity index (χ4n) is 2.67. The molecule has 1 atom stereocenters. The molecule has 0 radical (unpaired) electrons. The van der Waals surface area contributed by atoms with Crippen LogP contribution in [0.4, 0.5) is 18.9 Å². The first-order chi connectivity index (χ1) is 8.47. The number of alkyl halides is 3. The minimum Gasteiger partial charge on any atom is -0.325 e. The number of anilines is 1. The molecule has 0 spiro atoms. The highest BCUT2D eigenvalue weighted by atomic mass is 19.4. The van der Waals surface area contributed by atoms with Gasteiger partial charge in [0, 0.05) is 6.42 Å². The van der Waals surface area contributed by atoms with E-state index in [0.29, 0.717) is 17.9 Å². The number of rotatable bonds is 1. The molecule has 2 nitrogen and oxygen atoms in total. The number of fused-ring (bicyclic) bond motifs is 1. The third-order valence-corrected chi connectivity index (χ3v) is 3.66. The number of halogens is 3. The number of carbonyl (C=O) groups is 1. The molecule has 1 aromatic rings. The van der Waals surface area contributed by atoms with Gasteiger partial charge in [-0.1, -0.05) is 12.1 Å². The first kappa shape index (κ1) is 11.6.